The number of sulfone groups is 1. The van der Waals surface area contributed by atoms with Crippen LogP contribution in [0.25, 0.3) is 0 Å². The van der Waals surface area contributed by atoms with Crippen LogP contribution in [-0.4, -0.2) is 68.6 Å². The van der Waals surface area contributed by atoms with Crippen LogP contribution in [0.2, 0.25) is 0 Å². The van der Waals surface area contributed by atoms with Crippen molar-refractivity contribution in [1.82, 2.24) is 16.0 Å². The highest BCUT2D eigenvalue weighted by Crippen LogP contribution is 2.03. The zero-order chi connectivity index (χ0) is 21.9. The lowest BCUT2D eigenvalue weighted by Crippen LogP contribution is -2.53. The Labute approximate surface area is 164 Å². The van der Waals surface area contributed by atoms with E-state index in [9.17, 15) is 27.6 Å². The Morgan fingerprint density at radius 3 is 2.18 bits per heavy atom. The molecule has 160 valence electrons. The fraction of sp³-hybridized carbons (Fsp3) is 0.625. The molecule has 0 aromatic heterocycles. The van der Waals surface area contributed by atoms with Crippen LogP contribution in [0, 0.1) is 5.92 Å². The molecule has 3 amide bonds. The van der Waals surface area contributed by atoms with Gasteiger partial charge >= 0.3 is 5.97 Å². The maximum atomic E-state index is 12.2. The molecule has 0 saturated carbocycles. The normalized spacial score (nSPS) is 13.8. The molecule has 0 bridgehead atoms. The molecule has 0 fully saturated rings. The minimum Gasteiger partial charge on any atom is -0.481 e. The second kappa shape index (κ2) is 12.1. The van der Waals surface area contributed by atoms with E-state index in [4.69, 9.17) is 10.8 Å². The summed E-state index contributed by atoms with van der Waals surface area (Å²) in [7, 11) is -3.45. The molecule has 0 rings (SSSR count). The van der Waals surface area contributed by atoms with Gasteiger partial charge in [0.1, 0.15) is 6.04 Å². The average Bonchev–Trinajstić information content (AvgIpc) is 2.58. The third kappa shape index (κ3) is 12.0. The van der Waals surface area contributed by atoms with Gasteiger partial charge in [0.15, 0.2) is 9.84 Å². The van der Waals surface area contributed by atoms with E-state index in [1.54, 1.807) is 13.8 Å². The zero-order valence-corrected chi connectivity index (χ0v) is 16.9. The van der Waals surface area contributed by atoms with Crippen molar-refractivity contribution in [2.24, 2.45) is 11.7 Å². The topological polar surface area (TPSA) is 185 Å². The number of hydrogen-bond donors (Lipinski definition) is 5. The fourth-order valence-corrected chi connectivity index (χ4v) is 2.51. The molecular weight excluding hydrogens is 392 g/mol. The summed E-state index contributed by atoms with van der Waals surface area (Å²) in [4.78, 5) is 46.3. The van der Waals surface area contributed by atoms with Gasteiger partial charge in [-0.1, -0.05) is 19.9 Å². The highest BCUT2D eigenvalue weighted by molar-refractivity contribution is 7.93. The smallest absolute Gasteiger partial charge is 0.303 e. The van der Waals surface area contributed by atoms with Crippen molar-refractivity contribution in [3.63, 3.8) is 0 Å². The van der Waals surface area contributed by atoms with Crippen molar-refractivity contribution in [1.29, 1.82) is 0 Å². The number of carbonyl (C=O) groups is 4. The zero-order valence-electron chi connectivity index (χ0n) is 16.1. The largest absolute Gasteiger partial charge is 0.481 e. The SMILES string of the molecule is CC(C)[C@H](NC(=O)CN)C(=O)NCC(=O)N[C@H](/C=C/S(C)(=O)=O)CCC(=O)O. The monoisotopic (exact) mass is 420 g/mol. The van der Waals surface area contributed by atoms with Gasteiger partial charge in [-0.2, -0.15) is 0 Å². The molecule has 28 heavy (non-hydrogen) atoms. The van der Waals surface area contributed by atoms with Crippen molar-refractivity contribution < 1.29 is 32.7 Å². The van der Waals surface area contributed by atoms with Gasteiger partial charge < -0.3 is 26.8 Å². The first-order valence-electron chi connectivity index (χ1n) is 8.52. The Kier molecular flexibility index (Phi) is 11.0. The number of rotatable bonds is 12. The van der Waals surface area contributed by atoms with Crippen LogP contribution in [0.15, 0.2) is 11.5 Å². The van der Waals surface area contributed by atoms with E-state index in [1.165, 1.54) is 6.08 Å². The Morgan fingerprint density at radius 2 is 1.71 bits per heavy atom. The van der Waals surface area contributed by atoms with E-state index in [0.29, 0.717) is 0 Å². The lowest BCUT2D eigenvalue weighted by molar-refractivity contribution is -0.137. The molecule has 0 aliphatic carbocycles. The third-order valence-corrected chi connectivity index (χ3v) is 4.10. The van der Waals surface area contributed by atoms with E-state index in [1.807, 2.05) is 0 Å². The number of amides is 3. The first kappa shape index (κ1) is 25.5. The summed E-state index contributed by atoms with van der Waals surface area (Å²) in [6.07, 6.45) is 1.83. The number of aliphatic carboxylic acids is 1. The molecule has 0 aliphatic rings. The lowest BCUT2D eigenvalue weighted by Gasteiger charge is -2.21. The van der Waals surface area contributed by atoms with Gasteiger partial charge in [-0.3, -0.25) is 19.2 Å². The van der Waals surface area contributed by atoms with Crippen LogP contribution < -0.4 is 21.7 Å². The minimum atomic E-state index is -3.45. The predicted octanol–water partition coefficient (Wildman–Crippen LogP) is -1.89. The summed E-state index contributed by atoms with van der Waals surface area (Å²) in [6, 6.07) is -1.72. The maximum absolute atomic E-state index is 12.2. The van der Waals surface area contributed by atoms with Crippen molar-refractivity contribution in [3.8, 4) is 0 Å². The Hall–Kier alpha value is -2.47. The number of hydrogen-bond acceptors (Lipinski definition) is 7. The molecule has 0 saturated heterocycles. The standard InChI is InChI=1S/C16H28N4O7S/c1-10(2)15(20-12(21)8-17)16(25)18-9-13(22)19-11(4-5-14(23)24)6-7-28(3,26)27/h6-7,10-11,15H,4-5,8-9,17H2,1-3H3,(H,18,25)(H,19,22)(H,20,21)(H,23,24)/b7-6+/t11-,15-/m0/s1. The summed E-state index contributed by atoms with van der Waals surface area (Å²) in [5.41, 5.74) is 5.21. The van der Waals surface area contributed by atoms with E-state index >= 15 is 0 Å². The summed E-state index contributed by atoms with van der Waals surface area (Å²) in [6.45, 7) is 2.70. The van der Waals surface area contributed by atoms with E-state index < -0.39 is 52.2 Å². The van der Waals surface area contributed by atoms with Gasteiger partial charge in [-0.15, -0.1) is 0 Å². The van der Waals surface area contributed by atoms with Crippen LogP contribution in [0.1, 0.15) is 26.7 Å². The van der Waals surface area contributed by atoms with Crippen LogP contribution in [-0.2, 0) is 29.0 Å². The van der Waals surface area contributed by atoms with Crippen LogP contribution in [0.3, 0.4) is 0 Å². The number of carbonyl (C=O) groups excluding carboxylic acids is 3. The average molecular weight is 420 g/mol. The maximum Gasteiger partial charge on any atom is 0.303 e. The van der Waals surface area contributed by atoms with Gasteiger partial charge in [0.25, 0.3) is 0 Å². The van der Waals surface area contributed by atoms with Crippen molar-refractivity contribution in [2.75, 3.05) is 19.3 Å². The Balaban J connectivity index is 4.86. The van der Waals surface area contributed by atoms with Crippen LogP contribution in [0.4, 0.5) is 0 Å². The second-order valence-corrected chi connectivity index (χ2v) is 8.41. The highest BCUT2D eigenvalue weighted by Gasteiger charge is 2.24. The highest BCUT2D eigenvalue weighted by atomic mass is 32.2. The summed E-state index contributed by atoms with van der Waals surface area (Å²) in [5.74, 6) is -3.09. The molecular formula is C16H28N4O7S. The molecule has 0 heterocycles. The molecule has 0 aromatic rings. The minimum absolute atomic E-state index is 0.0256. The molecule has 0 aliphatic heterocycles. The molecule has 0 spiro atoms. The van der Waals surface area contributed by atoms with Gasteiger partial charge in [0.05, 0.1) is 13.1 Å². The van der Waals surface area contributed by atoms with Crippen molar-refractivity contribution in [2.45, 2.75) is 38.8 Å². The molecule has 0 unspecified atom stereocenters. The fourth-order valence-electron chi connectivity index (χ4n) is 2.04. The molecule has 6 N–H and O–H groups in total. The molecule has 0 radical (unpaired) electrons. The van der Waals surface area contributed by atoms with Crippen molar-refractivity contribution >= 4 is 33.5 Å². The molecule has 12 heteroatoms. The number of nitrogens with one attached hydrogen (secondary N) is 3. The van der Waals surface area contributed by atoms with Crippen LogP contribution >= 0.6 is 0 Å². The van der Waals surface area contributed by atoms with Gasteiger partial charge in [-0.25, -0.2) is 8.42 Å². The summed E-state index contributed by atoms with van der Waals surface area (Å²) < 4.78 is 22.4. The lowest BCUT2D eigenvalue weighted by atomic mass is 10.0. The van der Waals surface area contributed by atoms with Crippen LogP contribution in [0.5, 0.6) is 0 Å². The summed E-state index contributed by atoms with van der Waals surface area (Å²) >= 11 is 0. The first-order chi connectivity index (χ1) is 12.9. The molecule has 2 atom stereocenters. The second-order valence-electron chi connectivity index (χ2n) is 6.48. The van der Waals surface area contributed by atoms with Crippen molar-refractivity contribution in [3.05, 3.63) is 11.5 Å². The molecule has 0 aromatic carbocycles. The van der Waals surface area contributed by atoms with Gasteiger partial charge in [-0.05, 0) is 12.3 Å². The first-order valence-corrected chi connectivity index (χ1v) is 10.5. The number of carboxylic acid groups (broad SMARTS) is 1. The quantitative estimate of drug-likeness (QED) is 0.242. The van der Waals surface area contributed by atoms with E-state index in [-0.39, 0.29) is 25.3 Å². The third-order valence-electron chi connectivity index (χ3n) is 3.45. The summed E-state index contributed by atoms with van der Waals surface area (Å²) in [5, 5.41) is 16.9. The van der Waals surface area contributed by atoms with E-state index in [2.05, 4.69) is 16.0 Å². The number of carboxylic acids is 1. The predicted molar refractivity (Wildman–Crippen MR) is 102 cm³/mol. The Morgan fingerprint density at radius 1 is 1.11 bits per heavy atom. The van der Waals surface area contributed by atoms with Gasteiger partial charge in [0.2, 0.25) is 17.7 Å². The van der Waals surface area contributed by atoms with E-state index in [0.717, 1.165) is 11.7 Å². The van der Waals surface area contributed by atoms with Gasteiger partial charge in [0, 0.05) is 24.1 Å². The number of nitrogens with two attached hydrogens (primary N) is 1. The Bertz CT molecular complexity index is 704. The molecule has 11 nitrogen and oxygen atoms in total.